The number of rotatable bonds is 16. The molecule has 1 aromatic heterocycles. The van der Waals surface area contributed by atoms with Crippen LogP contribution >= 0.6 is 12.6 Å². The fraction of sp³-hybridized carbons (Fsp3) is 0.500. The number of thiol groups is 1. The molecule has 1 aromatic carbocycles. The lowest BCUT2D eigenvalue weighted by Gasteiger charge is -2.26. The molecule has 0 aliphatic heterocycles. The number of fused-ring (bicyclic) bond motifs is 1. The molecular weight excluding hydrogens is 536 g/mol. The van der Waals surface area contributed by atoms with Crippen molar-refractivity contribution < 1.29 is 24.3 Å². The zero-order valence-corrected chi connectivity index (χ0v) is 23.6. The summed E-state index contributed by atoms with van der Waals surface area (Å²) in [5.74, 6) is -3.23. The van der Waals surface area contributed by atoms with Crippen LogP contribution in [-0.2, 0) is 25.6 Å². The lowest BCUT2D eigenvalue weighted by molar-refractivity contribution is -0.141. The molecule has 13 nitrogen and oxygen atoms in total. The number of guanidine groups is 1. The zero-order valence-electron chi connectivity index (χ0n) is 22.7. The molecule has 0 radical (unpaired) electrons. The SMILES string of the molecule is CC(C)CC(NC(=O)C(Cc1c[nH]c2ccccc12)NC(=O)C(N)CCCN=C(N)N)C(=O)NC(CS)C(=O)O. The number of amides is 3. The fourth-order valence-corrected chi connectivity index (χ4v) is 4.34. The molecule has 0 saturated carbocycles. The maximum absolute atomic E-state index is 13.6. The number of aliphatic imine (C=N–C) groups is 1. The number of benzene rings is 1. The molecule has 0 saturated heterocycles. The molecule has 0 aliphatic carbocycles. The van der Waals surface area contributed by atoms with E-state index in [1.807, 2.05) is 38.1 Å². The fourth-order valence-electron chi connectivity index (χ4n) is 4.09. The predicted octanol–water partition coefficient (Wildman–Crippen LogP) is -0.394. The summed E-state index contributed by atoms with van der Waals surface area (Å²) < 4.78 is 0. The Morgan fingerprint density at radius 2 is 1.62 bits per heavy atom. The monoisotopic (exact) mass is 576 g/mol. The third-order valence-electron chi connectivity index (χ3n) is 6.17. The number of H-pyrrole nitrogens is 1. The van der Waals surface area contributed by atoms with E-state index < -0.39 is 47.9 Å². The maximum atomic E-state index is 13.6. The van der Waals surface area contributed by atoms with E-state index in [0.29, 0.717) is 13.0 Å². The summed E-state index contributed by atoms with van der Waals surface area (Å²) >= 11 is 3.98. The third kappa shape index (κ3) is 10.1. The summed E-state index contributed by atoms with van der Waals surface area (Å²) in [6.45, 7) is 4.04. The molecule has 3 amide bonds. The minimum atomic E-state index is -1.24. The number of nitrogens with one attached hydrogen (secondary N) is 4. The number of carboxylic acid groups (broad SMARTS) is 1. The highest BCUT2D eigenvalue weighted by Gasteiger charge is 2.31. The Kier molecular flexibility index (Phi) is 12.7. The van der Waals surface area contributed by atoms with Crippen LogP contribution in [0.2, 0.25) is 0 Å². The Hall–Kier alpha value is -3.78. The number of carbonyl (C=O) groups is 4. The van der Waals surface area contributed by atoms with Crippen molar-refractivity contribution in [2.75, 3.05) is 12.3 Å². The minimum absolute atomic E-state index is 0.00405. The van der Waals surface area contributed by atoms with E-state index >= 15 is 0 Å². The Bertz CT molecular complexity index is 1200. The smallest absolute Gasteiger partial charge is 0.327 e. The molecule has 14 heteroatoms. The summed E-state index contributed by atoms with van der Waals surface area (Å²) in [5, 5.41) is 18.0. The van der Waals surface area contributed by atoms with Gasteiger partial charge in [0, 0.05) is 35.8 Å². The highest BCUT2D eigenvalue weighted by atomic mass is 32.1. The summed E-state index contributed by atoms with van der Waals surface area (Å²) in [5.41, 5.74) is 18.4. The first-order valence-corrected chi connectivity index (χ1v) is 13.7. The Labute approximate surface area is 238 Å². The van der Waals surface area contributed by atoms with Gasteiger partial charge < -0.3 is 43.2 Å². The van der Waals surface area contributed by atoms with E-state index in [1.54, 1.807) is 6.20 Å². The number of aliphatic carboxylic acids is 1. The largest absolute Gasteiger partial charge is 0.480 e. The number of carboxylic acids is 1. The van der Waals surface area contributed by atoms with Gasteiger partial charge in [0.05, 0.1) is 6.04 Å². The van der Waals surface area contributed by atoms with Gasteiger partial charge in [0.15, 0.2) is 5.96 Å². The topological polar surface area (TPSA) is 231 Å². The van der Waals surface area contributed by atoms with Gasteiger partial charge >= 0.3 is 5.97 Å². The second kappa shape index (κ2) is 15.7. The van der Waals surface area contributed by atoms with E-state index in [9.17, 15) is 24.3 Å². The van der Waals surface area contributed by atoms with Crippen LogP contribution in [0.15, 0.2) is 35.5 Å². The van der Waals surface area contributed by atoms with Gasteiger partial charge in [0.1, 0.15) is 18.1 Å². The lowest BCUT2D eigenvalue weighted by Crippen LogP contribution is -2.58. The van der Waals surface area contributed by atoms with Crippen molar-refractivity contribution >= 4 is 53.2 Å². The molecule has 2 aromatic rings. The number of nitrogens with zero attached hydrogens (tertiary/aromatic N) is 1. The number of carbonyl (C=O) groups excluding carboxylic acids is 3. The number of aromatic amines is 1. The van der Waals surface area contributed by atoms with Crippen LogP contribution in [-0.4, -0.2) is 76.2 Å². The van der Waals surface area contributed by atoms with Crippen LogP contribution in [0.5, 0.6) is 0 Å². The molecule has 40 heavy (non-hydrogen) atoms. The molecule has 4 unspecified atom stereocenters. The summed E-state index contributed by atoms with van der Waals surface area (Å²) in [4.78, 5) is 57.9. The second-order valence-electron chi connectivity index (χ2n) is 9.95. The molecule has 4 atom stereocenters. The summed E-state index contributed by atoms with van der Waals surface area (Å²) in [6.07, 6.45) is 2.86. The first-order valence-electron chi connectivity index (χ1n) is 13.0. The number of para-hydroxylation sites is 1. The summed E-state index contributed by atoms with van der Waals surface area (Å²) in [6, 6.07) is 3.27. The van der Waals surface area contributed by atoms with Gasteiger partial charge in [0.2, 0.25) is 17.7 Å². The van der Waals surface area contributed by atoms with Crippen molar-refractivity contribution in [2.24, 2.45) is 28.1 Å². The summed E-state index contributed by atoms with van der Waals surface area (Å²) in [7, 11) is 0. The molecule has 0 bridgehead atoms. The number of nitrogens with two attached hydrogens (primary N) is 3. The van der Waals surface area contributed by atoms with Gasteiger partial charge in [-0.3, -0.25) is 19.4 Å². The first-order chi connectivity index (χ1) is 18.9. The number of hydrogen-bond acceptors (Lipinski definition) is 7. The van der Waals surface area contributed by atoms with Crippen molar-refractivity contribution in [1.29, 1.82) is 0 Å². The number of hydrogen-bond donors (Lipinski definition) is 9. The lowest BCUT2D eigenvalue weighted by atomic mass is 10.00. The molecule has 0 fully saturated rings. The molecule has 0 aliphatic rings. The van der Waals surface area contributed by atoms with Crippen molar-refractivity contribution in [3.63, 3.8) is 0 Å². The average molecular weight is 577 g/mol. The Balaban J connectivity index is 2.25. The Morgan fingerprint density at radius 1 is 1.00 bits per heavy atom. The van der Waals surface area contributed by atoms with Crippen LogP contribution in [0, 0.1) is 5.92 Å². The van der Waals surface area contributed by atoms with Gasteiger partial charge in [-0.15, -0.1) is 0 Å². The van der Waals surface area contributed by atoms with Gasteiger partial charge in [0.25, 0.3) is 0 Å². The van der Waals surface area contributed by atoms with Crippen molar-refractivity contribution in [3.8, 4) is 0 Å². The van der Waals surface area contributed by atoms with E-state index in [1.165, 1.54) is 0 Å². The molecule has 11 N–H and O–H groups in total. The molecule has 220 valence electrons. The zero-order chi connectivity index (χ0) is 29.8. The van der Waals surface area contributed by atoms with Crippen LogP contribution < -0.4 is 33.2 Å². The standard InChI is InChI=1S/C26H40N8O5S/c1-14(2)10-19(23(36)34-21(13-40)25(38)39)33-24(37)20(11-15-12-31-18-8-4-3-6-16(15)18)32-22(35)17(27)7-5-9-30-26(28)29/h3-4,6,8,12,14,17,19-21,31,40H,5,7,9-11,13,27H2,1-2H3,(H,32,35)(H,33,37)(H,34,36)(H,38,39)(H4,28,29,30). The van der Waals surface area contributed by atoms with Crippen molar-refractivity contribution in [1.82, 2.24) is 20.9 Å². The number of aromatic nitrogens is 1. The van der Waals surface area contributed by atoms with Crippen LogP contribution in [0.4, 0.5) is 0 Å². The van der Waals surface area contributed by atoms with Crippen LogP contribution in [0.25, 0.3) is 10.9 Å². The van der Waals surface area contributed by atoms with Crippen molar-refractivity contribution in [2.45, 2.75) is 63.7 Å². The van der Waals surface area contributed by atoms with Crippen LogP contribution in [0.3, 0.4) is 0 Å². The van der Waals surface area contributed by atoms with E-state index in [2.05, 4.69) is 38.6 Å². The Morgan fingerprint density at radius 3 is 2.25 bits per heavy atom. The quantitative estimate of drug-likeness (QED) is 0.0551. The normalized spacial score (nSPS) is 14.1. The van der Waals surface area contributed by atoms with E-state index in [-0.39, 0.29) is 36.9 Å². The minimum Gasteiger partial charge on any atom is -0.480 e. The highest BCUT2D eigenvalue weighted by molar-refractivity contribution is 7.80. The van der Waals surface area contributed by atoms with Gasteiger partial charge in [-0.1, -0.05) is 32.0 Å². The first kappa shape index (κ1) is 32.4. The van der Waals surface area contributed by atoms with E-state index in [4.69, 9.17) is 17.2 Å². The van der Waals surface area contributed by atoms with Gasteiger partial charge in [-0.05, 0) is 36.8 Å². The molecule has 0 spiro atoms. The predicted molar refractivity (Wildman–Crippen MR) is 157 cm³/mol. The maximum Gasteiger partial charge on any atom is 0.327 e. The third-order valence-corrected chi connectivity index (χ3v) is 6.54. The van der Waals surface area contributed by atoms with Crippen LogP contribution in [0.1, 0.15) is 38.7 Å². The molecule has 1 heterocycles. The van der Waals surface area contributed by atoms with Gasteiger partial charge in [-0.25, -0.2) is 4.79 Å². The second-order valence-corrected chi connectivity index (χ2v) is 10.3. The van der Waals surface area contributed by atoms with Gasteiger partial charge in [-0.2, -0.15) is 12.6 Å². The van der Waals surface area contributed by atoms with Crippen molar-refractivity contribution in [3.05, 3.63) is 36.0 Å². The molecular formula is C26H40N8O5S. The van der Waals surface area contributed by atoms with E-state index in [0.717, 1.165) is 16.5 Å². The molecule has 2 rings (SSSR count). The highest BCUT2D eigenvalue weighted by Crippen LogP contribution is 2.19. The average Bonchev–Trinajstić information content (AvgIpc) is 3.30.